The van der Waals surface area contributed by atoms with Gasteiger partial charge in [-0.1, -0.05) is 0 Å². The summed E-state index contributed by atoms with van der Waals surface area (Å²) in [4.78, 5) is 0. The van der Waals surface area contributed by atoms with E-state index in [9.17, 15) is 8.78 Å². The maximum Gasteiger partial charge on any atom is 0.248 e. The van der Waals surface area contributed by atoms with Gasteiger partial charge in [-0.2, -0.15) is 5.26 Å². The van der Waals surface area contributed by atoms with Gasteiger partial charge >= 0.3 is 0 Å². The zero-order chi connectivity index (χ0) is 8.54. The van der Waals surface area contributed by atoms with Gasteiger partial charge in [-0.3, -0.25) is 0 Å². The highest BCUT2D eigenvalue weighted by Crippen LogP contribution is 2.42. The molecule has 0 aromatic carbocycles. The molecule has 0 radical (unpaired) electrons. The number of alkyl halides is 2. The van der Waals surface area contributed by atoms with E-state index in [0.717, 1.165) is 0 Å². The normalized spacial score (nSPS) is 27.5. The van der Waals surface area contributed by atoms with Crippen molar-refractivity contribution in [1.82, 2.24) is 0 Å². The average Bonchev–Trinajstić information content (AvgIpc) is 1.97. The van der Waals surface area contributed by atoms with E-state index in [1.807, 2.05) is 0 Å². The van der Waals surface area contributed by atoms with Gasteiger partial charge in [0.1, 0.15) is 0 Å². The number of hydrogen-bond donors (Lipinski definition) is 0. The summed E-state index contributed by atoms with van der Waals surface area (Å²) in [5, 5.41) is 8.63. The zero-order valence-electron chi connectivity index (χ0n) is 6.53. The molecule has 1 aliphatic rings. The number of nitriles is 1. The van der Waals surface area contributed by atoms with E-state index in [2.05, 4.69) is 6.07 Å². The second-order valence-corrected chi connectivity index (χ2v) is 3.53. The van der Waals surface area contributed by atoms with Gasteiger partial charge in [0, 0.05) is 12.8 Å². The van der Waals surface area contributed by atoms with Gasteiger partial charge in [-0.05, 0) is 19.8 Å². The van der Waals surface area contributed by atoms with E-state index in [-0.39, 0.29) is 12.8 Å². The molecule has 11 heavy (non-hydrogen) atoms. The van der Waals surface area contributed by atoms with Crippen LogP contribution < -0.4 is 0 Å². The average molecular weight is 159 g/mol. The molecule has 0 spiro atoms. The molecule has 0 aromatic heterocycles. The number of rotatable bonds is 0. The quantitative estimate of drug-likeness (QED) is 0.533. The summed E-state index contributed by atoms with van der Waals surface area (Å²) in [7, 11) is 0. The molecule has 0 atom stereocenters. The first kappa shape index (κ1) is 8.45. The fourth-order valence-electron chi connectivity index (χ4n) is 1.28. The van der Waals surface area contributed by atoms with Crippen LogP contribution in [0.4, 0.5) is 8.78 Å². The van der Waals surface area contributed by atoms with Crippen LogP contribution in [0.2, 0.25) is 0 Å². The molecule has 0 bridgehead atoms. The maximum atomic E-state index is 12.6. The Morgan fingerprint density at radius 1 is 1.18 bits per heavy atom. The molecule has 1 fully saturated rings. The van der Waals surface area contributed by atoms with Crippen LogP contribution >= 0.6 is 0 Å². The largest absolute Gasteiger partial charge is 0.248 e. The number of nitrogens with zero attached hydrogens (tertiary/aromatic N) is 1. The Morgan fingerprint density at radius 3 is 2.00 bits per heavy atom. The van der Waals surface area contributed by atoms with Gasteiger partial charge in [-0.15, -0.1) is 0 Å². The number of hydrogen-bond acceptors (Lipinski definition) is 1. The minimum Gasteiger partial charge on any atom is -0.207 e. The molecule has 62 valence electrons. The van der Waals surface area contributed by atoms with Gasteiger partial charge in [0.05, 0.1) is 11.5 Å². The monoisotopic (exact) mass is 159 g/mol. The van der Waals surface area contributed by atoms with Crippen LogP contribution in [0.25, 0.3) is 0 Å². The molecule has 0 aliphatic heterocycles. The lowest BCUT2D eigenvalue weighted by molar-refractivity contribution is -0.0535. The summed E-state index contributed by atoms with van der Waals surface area (Å²) in [6.07, 6.45) is 0.404. The third-order valence-corrected chi connectivity index (χ3v) is 2.35. The van der Waals surface area contributed by atoms with E-state index in [0.29, 0.717) is 12.8 Å². The molecule has 0 saturated heterocycles. The summed E-state index contributed by atoms with van der Waals surface area (Å²) in [6, 6.07) is 2.08. The zero-order valence-corrected chi connectivity index (χ0v) is 6.53. The first-order valence-corrected chi connectivity index (χ1v) is 3.77. The van der Waals surface area contributed by atoms with Crippen molar-refractivity contribution in [3.63, 3.8) is 0 Å². The lowest BCUT2D eigenvalue weighted by atomic mass is 9.75. The van der Waals surface area contributed by atoms with Gasteiger partial charge in [0.2, 0.25) is 5.92 Å². The second kappa shape index (κ2) is 2.44. The van der Waals surface area contributed by atoms with E-state index in [1.165, 1.54) is 0 Å². The lowest BCUT2D eigenvalue weighted by Gasteiger charge is -2.31. The standard InChI is InChI=1S/C8H11F2N/c1-7(6-11)2-4-8(9,10)5-3-7/h2-5H2,1H3. The fraction of sp³-hybridized carbons (Fsp3) is 0.875. The predicted molar refractivity (Wildman–Crippen MR) is 37.1 cm³/mol. The molecule has 0 heterocycles. The molecule has 1 aliphatic carbocycles. The molecule has 1 rings (SSSR count). The van der Waals surface area contributed by atoms with Crippen LogP contribution in [0.1, 0.15) is 32.6 Å². The minimum atomic E-state index is -2.52. The first-order valence-electron chi connectivity index (χ1n) is 3.77. The van der Waals surface area contributed by atoms with Crippen molar-refractivity contribution in [3.05, 3.63) is 0 Å². The van der Waals surface area contributed by atoms with Crippen molar-refractivity contribution >= 4 is 0 Å². The molecular formula is C8H11F2N. The molecule has 0 N–H and O–H groups in total. The highest BCUT2D eigenvalue weighted by atomic mass is 19.3. The number of halogens is 2. The van der Waals surface area contributed by atoms with E-state index in [4.69, 9.17) is 5.26 Å². The van der Waals surface area contributed by atoms with Crippen molar-refractivity contribution < 1.29 is 8.78 Å². The van der Waals surface area contributed by atoms with Crippen molar-refractivity contribution in [2.24, 2.45) is 5.41 Å². The van der Waals surface area contributed by atoms with Crippen molar-refractivity contribution in [1.29, 1.82) is 5.26 Å². The summed E-state index contributed by atoms with van der Waals surface area (Å²) in [6.45, 7) is 1.75. The van der Waals surface area contributed by atoms with Crippen LogP contribution in [0.5, 0.6) is 0 Å². The maximum absolute atomic E-state index is 12.6. The molecule has 3 heteroatoms. The first-order chi connectivity index (χ1) is 4.97. The smallest absolute Gasteiger partial charge is 0.207 e. The van der Waals surface area contributed by atoms with E-state index >= 15 is 0 Å². The van der Waals surface area contributed by atoms with Crippen molar-refractivity contribution in [2.75, 3.05) is 0 Å². The van der Waals surface area contributed by atoms with Gasteiger partial charge in [0.15, 0.2) is 0 Å². The van der Waals surface area contributed by atoms with Gasteiger partial charge < -0.3 is 0 Å². The van der Waals surface area contributed by atoms with Crippen LogP contribution in [0.15, 0.2) is 0 Å². The van der Waals surface area contributed by atoms with Crippen LogP contribution in [0, 0.1) is 16.7 Å². The van der Waals surface area contributed by atoms with Gasteiger partial charge in [0.25, 0.3) is 0 Å². The van der Waals surface area contributed by atoms with E-state index in [1.54, 1.807) is 6.92 Å². The Bertz CT molecular complexity index is 183. The summed E-state index contributed by atoms with van der Waals surface area (Å²) < 4.78 is 25.1. The molecule has 1 saturated carbocycles. The molecule has 0 unspecified atom stereocenters. The highest BCUT2D eigenvalue weighted by molar-refractivity contribution is 4.99. The Hall–Kier alpha value is -0.650. The molecule has 1 nitrogen and oxygen atoms in total. The highest BCUT2D eigenvalue weighted by Gasteiger charge is 2.40. The predicted octanol–water partition coefficient (Wildman–Crippen LogP) is 2.73. The van der Waals surface area contributed by atoms with Gasteiger partial charge in [-0.25, -0.2) is 8.78 Å². The Kier molecular flexibility index (Phi) is 1.87. The van der Waals surface area contributed by atoms with Crippen molar-refractivity contribution in [3.8, 4) is 6.07 Å². The Balaban J connectivity index is 2.56. The Labute approximate surface area is 65.0 Å². The summed E-state index contributed by atoms with van der Waals surface area (Å²) >= 11 is 0. The second-order valence-electron chi connectivity index (χ2n) is 3.53. The van der Waals surface area contributed by atoms with Crippen molar-refractivity contribution in [2.45, 2.75) is 38.5 Å². The molecule has 0 amide bonds. The summed E-state index contributed by atoms with van der Waals surface area (Å²) in [5.41, 5.74) is -0.498. The molecule has 0 aromatic rings. The minimum absolute atomic E-state index is 0.128. The van der Waals surface area contributed by atoms with E-state index < -0.39 is 11.3 Å². The van der Waals surface area contributed by atoms with Crippen LogP contribution in [0.3, 0.4) is 0 Å². The van der Waals surface area contributed by atoms with Crippen LogP contribution in [-0.2, 0) is 0 Å². The third kappa shape index (κ3) is 1.89. The third-order valence-electron chi connectivity index (χ3n) is 2.35. The van der Waals surface area contributed by atoms with Crippen LogP contribution in [-0.4, -0.2) is 5.92 Å². The topological polar surface area (TPSA) is 23.8 Å². The molecular weight excluding hydrogens is 148 g/mol. The fourth-order valence-corrected chi connectivity index (χ4v) is 1.28. The Morgan fingerprint density at radius 2 is 1.64 bits per heavy atom. The SMILES string of the molecule is CC1(C#N)CCC(F)(F)CC1. The summed E-state index contributed by atoms with van der Waals surface area (Å²) in [5.74, 6) is -2.52. The lowest BCUT2D eigenvalue weighted by Crippen LogP contribution is -2.30.